The summed E-state index contributed by atoms with van der Waals surface area (Å²) >= 11 is 0. The summed E-state index contributed by atoms with van der Waals surface area (Å²) in [5, 5.41) is 93.0. The molecule has 9 atom stereocenters. The number of rotatable bonds is 11. The van der Waals surface area contributed by atoms with Crippen molar-refractivity contribution < 1.29 is 63.4 Å². The fraction of sp³-hybridized carbons (Fsp3) is 0.923. The minimum absolute atomic E-state index is 0. The van der Waals surface area contributed by atoms with E-state index in [-0.39, 0.29) is 40.6 Å². The van der Waals surface area contributed by atoms with Crippen molar-refractivity contribution in [3.8, 4) is 0 Å². The minimum Gasteiger partial charge on any atom is -1.00 e. The van der Waals surface area contributed by atoms with Crippen LogP contribution < -0.4 is 0 Å². The van der Waals surface area contributed by atoms with Crippen LogP contribution in [0.4, 0.5) is 0 Å². The van der Waals surface area contributed by atoms with Crippen molar-refractivity contribution in [2.24, 2.45) is 0 Å². The molecule has 0 unspecified atom stereocenters. The van der Waals surface area contributed by atoms with Crippen LogP contribution in [0.25, 0.3) is 0 Å². The van der Waals surface area contributed by atoms with Crippen LogP contribution in [0.15, 0.2) is 0 Å². The molecule has 0 aromatic heterocycles. The monoisotopic (exact) mass is 416 g/mol. The second-order valence-corrected chi connectivity index (χ2v) is 5.54. The molecule has 0 fully saturated rings. The van der Waals surface area contributed by atoms with Crippen LogP contribution in [0.5, 0.6) is 0 Å². The standard InChI is InChI=1S/C13H26O12.Ca.2H/c1-4(7(18)8(19)5(16)2-14)25-13(24)12(23)11(22)10(21)9(20)6(17)3-15;;;/h4-12,14-23H,2-3H2,1H3;;;/q;+2;2*-1/t4-,5+,6+,7+,8+,9-,10+,11+,12+;;;/m0.../s1. The van der Waals surface area contributed by atoms with E-state index in [0.717, 1.165) is 6.92 Å². The van der Waals surface area contributed by atoms with Crippen LogP contribution in [-0.4, -0.2) is 163 Å². The van der Waals surface area contributed by atoms with Gasteiger partial charge >= 0.3 is 43.7 Å². The van der Waals surface area contributed by atoms with Crippen molar-refractivity contribution in [3.63, 3.8) is 0 Å². The maximum Gasteiger partial charge on any atom is 2.00 e. The van der Waals surface area contributed by atoms with Crippen molar-refractivity contribution in [2.45, 2.75) is 61.9 Å². The van der Waals surface area contributed by atoms with Crippen molar-refractivity contribution in [2.75, 3.05) is 13.2 Å². The Labute approximate surface area is 181 Å². The molecule has 0 saturated carbocycles. The number of carbonyl (C=O) groups excluding carboxylic acids is 1. The van der Waals surface area contributed by atoms with Crippen LogP contribution in [0.1, 0.15) is 9.78 Å². The van der Waals surface area contributed by atoms with Gasteiger partial charge in [-0.2, -0.15) is 0 Å². The molecule has 0 aliphatic heterocycles. The fourth-order valence-electron chi connectivity index (χ4n) is 1.80. The zero-order chi connectivity index (χ0) is 19.9. The van der Waals surface area contributed by atoms with Crippen molar-refractivity contribution in [1.29, 1.82) is 0 Å². The smallest absolute Gasteiger partial charge is 1.00 e. The van der Waals surface area contributed by atoms with Gasteiger partial charge in [-0.25, -0.2) is 4.79 Å². The Morgan fingerprint density at radius 2 is 1.15 bits per heavy atom. The van der Waals surface area contributed by atoms with E-state index < -0.39 is 74.1 Å². The normalized spacial score (nSPS) is 22.0. The number of hydrogen-bond donors (Lipinski definition) is 10. The molecular weight excluding hydrogens is 388 g/mol. The summed E-state index contributed by atoms with van der Waals surface area (Å²) in [5.74, 6) is -1.55. The van der Waals surface area contributed by atoms with Crippen molar-refractivity contribution in [1.82, 2.24) is 0 Å². The predicted molar refractivity (Wildman–Crippen MR) is 85.8 cm³/mol. The van der Waals surface area contributed by atoms with Gasteiger partial charge in [-0.05, 0) is 6.92 Å². The van der Waals surface area contributed by atoms with E-state index in [1.165, 1.54) is 0 Å². The van der Waals surface area contributed by atoms with E-state index in [0.29, 0.717) is 0 Å². The van der Waals surface area contributed by atoms with E-state index in [9.17, 15) is 40.5 Å². The fourth-order valence-corrected chi connectivity index (χ4v) is 1.80. The second kappa shape index (κ2) is 13.5. The van der Waals surface area contributed by atoms with Crippen LogP contribution in [0.2, 0.25) is 0 Å². The average molecular weight is 416 g/mol. The zero-order valence-corrected chi connectivity index (χ0v) is 16.3. The molecule has 0 saturated heterocycles. The third kappa shape index (κ3) is 8.14. The molecule has 0 aliphatic carbocycles. The third-order valence-corrected chi connectivity index (χ3v) is 3.56. The largest absolute Gasteiger partial charge is 2.00 e. The molecule has 154 valence electrons. The number of aliphatic hydroxyl groups excluding tert-OH is 10. The number of aliphatic hydroxyl groups is 10. The first-order valence-electron chi connectivity index (χ1n) is 7.36. The van der Waals surface area contributed by atoms with Gasteiger partial charge in [-0.15, -0.1) is 0 Å². The molecule has 0 radical (unpaired) electrons. The van der Waals surface area contributed by atoms with Gasteiger partial charge in [-0.3, -0.25) is 0 Å². The number of hydrogen-bond acceptors (Lipinski definition) is 12. The van der Waals surface area contributed by atoms with Crippen LogP contribution in [-0.2, 0) is 9.53 Å². The third-order valence-electron chi connectivity index (χ3n) is 3.56. The molecule has 0 heterocycles. The molecule has 0 bridgehead atoms. The number of carbonyl (C=O) groups is 1. The molecule has 0 spiro atoms. The van der Waals surface area contributed by atoms with E-state index in [4.69, 9.17) is 15.3 Å². The maximum absolute atomic E-state index is 11.7. The summed E-state index contributed by atoms with van der Waals surface area (Å²) in [5.41, 5.74) is 0. The van der Waals surface area contributed by atoms with Gasteiger partial charge in [0.2, 0.25) is 0 Å². The minimum atomic E-state index is -2.40. The maximum atomic E-state index is 11.7. The average Bonchev–Trinajstić information content (AvgIpc) is 2.62. The molecule has 0 aliphatic rings. The topological polar surface area (TPSA) is 229 Å². The Bertz CT molecular complexity index is 410. The van der Waals surface area contributed by atoms with Crippen LogP contribution in [0.3, 0.4) is 0 Å². The molecule has 0 rings (SSSR count). The first kappa shape index (κ1) is 28.5. The Balaban J connectivity index is -0.000000960. The van der Waals surface area contributed by atoms with Gasteiger partial charge in [0.15, 0.2) is 6.10 Å². The van der Waals surface area contributed by atoms with Crippen LogP contribution >= 0.6 is 0 Å². The van der Waals surface area contributed by atoms with Gasteiger partial charge in [0.05, 0.1) is 13.2 Å². The molecular formula is C13H28CaO12. The van der Waals surface area contributed by atoms with E-state index in [1.54, 1.807) is 0 Å². The second-order valence-electron chi connectivity index (χ2n) is 5.54. The number of ether oxygens (including phenoxy) is 1. The zero-order valence-electron chi connectivity index (χ0n) is 16.1. The molecule has 0 amide bonds. The SMILES string of the molecule is C[C@H](OC(=O)[C@H](O)[C@H](O)[C@H](O)[C@@H](O)[C@H](O)CO)[C@@H](O)[C@H](O)[C@H](O)CO.[Ca+2].[H-].[H-]. The number of esters is 1. The predicted octanol–water partition coefficient (Wildman–Crippen LogP) is -6.37. The Morgan fingerprint density at radius 1 is 0.769 bits per heavy atom. The first-order valence-corrected chi connectivity index (χ1v) is 7.36. The Hall–Kier alpha value is 0.330. The van der Waals surface area contributed by atoms with Gasteiger partial charge in [-0.1, -0.05) is 0 Å². The van der Waals surface area contributed by atoms with E-state index in [2.05, 4.69) is 4.74 Å². The molecule has 12 nitrogen and oxygen atoms in total. The molecule has 10 N–H and O–H groups in total. The Kier molecular flexibility index (Phi) is 14.8. The molecule has 26 heavy (non-hydrogen) atoms. The molecule has 0 aromatic carbocycles. The molecule has 0 aromatic rings. The van der Waals surface area contributed by atoms with Crippen LogP contribution in [0, 0.1) is 0 Å². The van der Waals surface area contributed by atoms with Gasteiger partial charge in [0.1, 0.15) is 48.8 Å². The molecule has 13 heteroatoms. The summed E-state index contributed by atoms with van der Waals surface area (Å²) in [6.07, 6.45) is -17.8. The Morgan fingerprint density at radius 3 is 1.54 bits per heavy atom. The van der Waals surface area contributed by atoms with Crippen molar-refractivity contribution >= 4 is 43.7 Å². The quantitative estimate of drug-likeness (QED) is 0.112. The van der Waals surface area contributed by atoms with Gasteiger partial charge in [0.25, 0.3) is 0 Å². The summed E-state index contributed by atoms with van der Waals surface area (Å²) in [6, 6.07) is 0. The summed E-state index contributed by atoms with van der Waals surface area (Å²) < 4.78 is 4.57. The van der Waals surface area contributed by atoms with Gasteiger partial charge in [0, 0.05) is 0 Å². The summed E-state index contributed by atoms with van der Waals surface area (Å²) in [4.78, 5) is 11.7. The van der Waals surface area contributed by atoms with Gasteiger partial charge < -0.3 is 58.7 Å². The summed E-state index contributed by atoms with van der Waals surface area (Å²) in [7, 11) is 0. The van der Waals surface area contributed by atoms with E-state index in [1.807, 2.05) is 0 Å². The van der Waals surface area contributed by atoms with Crippen molar-refractivity contribution in [3.05, 3.63) is 0 Å². The first-order chi connectivity index (χ1) is 11.5. The summed E-state index contributed by atoms with van der Waals surface area (Å²) in [6.45, 7) is -0.757. The van der Waals surface area contributed by atoms with E-state index >= 15 is 0 Å².